The Hall–Kier alpha value is -3.65. The molecule has 8 nitrogen and oxygen atoms in total. The monoisotopic (exact) mass is 518 g/mol. The van der Waals surface area contributed by atoms with Gasteiger partial charge in [-0.15, -0.1) is 0 Å². The molecule has 0 bridgehead atoms. The Bertz CT molecular complexity index is 1320. The Morgan fingerprint density at radius 2 is 1.87 bits per heavy atom. The number of hydrogen-bond donors (Lipinski definition) is 1. The fourth-order valence-corrected chi connectivity index (χ4v) is 5.09. The third kappa shape index (κ3) is 5.45. The van der Waals surface area contributed by atoms with Crippen molar-refractivity contribution in [2.45, 2.75) is 53.0 Å². The number of likely N-dealkylation sites (tertiary alicyclic amines) is 1. The van der Waals surface area contributed by atoms with E-state index in [1.54, 1.807) is 22.4 Å². The van der Waals surface area contributed by atoms with Crippen molar-refractivity contribution >= 4 is 23.1 Å². The predicted octanol–water partition coefficient (Wildman–Crippen LogP) is 4.98. The summed E-state index contributed by atoms with van der Waals surface area (Å²) in [6.45, 7) is 11.3. The minimum Gasteiger partial charge on any atom is -0.505 e. The molecule has 0 radical (unpaired) electrons. The van der Waals surface area contributed by atoms with Gasteiger partial charge in [-0.25, -0.2) is 4.98 Å². The minimum absolute atomic E-state index is 0.0754. The number of pyridine rings is 1. The van der Waals surface area contributed by atoms with Crippen LogP contribution in [0.5, 0.6) is 5.75 Å². The minimum atomic E-state index is -0.738. The van der Waals surface area contributed by atoms with E-state index >= 15 is 0 Å². The van der Waals surface area contributed by atoms with Gasteiger partial charge >= 0.3 is 0 Å². The molecule has 38 heavy (non-hydrogen) atoms. The number of carbonyl (C=O) groups is 2. The lowest BCUT2D eigenvalue weighted by Gasteiger charge is -2.28. The lowest BCUT2D eigenvalue weighted by atomic mass is 9.96. The quantitative estimate of drug-likeness (QED) is 0.158. The molecular formula is C30H38N4O4. The number of hydrogen-bond acceptors (Lipinski definition) is 6. The van der Waals surface area contributed by atoms with Crippen LogP contribution < -0.4 is 4.74 Å². The second kappa shape index (κ2) is 12.3. The van der Waals surface area contributed by atoms with Crippen LogP contribution in [0.3, 0.4) is 0 Å². The number of rotatable bonds is 12. The molecule has 1 aliphatic rings. The van der Waals surface area contributed by atoms with Crippen molar-refractivity contribution in [3.05, 3.63) is 71.2 Å². The zero-order chi connectivity index (χ0) is 27.2. The largest absolute Gasteiger partial charge is 0.505 e. The van der Waals surface area contributed by atoms with Crippen LogP contribution in [0.2, 0.25) is 0 Å². The molecule has 202 valence electrons. The van der Waals surface area contributed by atoms with Crippen molar-refractivity contribution in [1.82, 2.24) is 19.2 Å². The van der Waals surface area contributed by atoms with Crippen molar-refractivity contribution in [2.75, 3.05) is 32.8 Å². The van der Waals surface area contributed by atoms with Crippen molar-refractivity contribution in [2.24, 2.45) is 0 Å². The van der Waals surface area contributed by atoms with Crippen molar-refractivity contribution in [1.29, 1.82) is 0 Å². The number of Topliss-reactive ketones (excluding diaryl/α,β-unsaturated/α-hetero) is 1. The molecule has 2 aromatic heterocycles. The Morgan fingerprint density at radius 1 is 1.08 bits per heavy atom. The van der Waals surface area contributed by atoms with Gasteiger partial charge < -0.3 is 19.6 Å². The van der Waals surface area contributed by atoms with Crippen LogP contribution in [0.25, 0.3) is 11.4 Å². The van der Waals surface area contributed by atoms with Gasteiger partial charge in [-0.05, 0) is 56.3 Å². The molecule has 1 aromatic carbocycles. The van der Waals surface area contributed by atoms with E-state index < -0.39 is 17.7 Å². The Labute approximate surface area is 224 Å². The highest BCUT2D eigenvalue weighted by molar-refractivity contribution is 6.46. The number of unbranched alkanes of at least 4 members (excludes halogenated alkanes) is 2. The topological polar surface area (TPSA) is 87.4 Å². The lowest BCUT2D eigenvalue weighted by Crippen LogP contribution is -2.38. The Balaban J connectivity index is 1.80. The van der Waals surface area contributed by atoms with Gasteiger partial charge in [0.2, 0.25) is 0 Å². The maximum Gasteiger partial charge on any atom is 0.295 e. The van der Waals surface area contributed by atoms with E-state index in [-0.39, 0.29) is 11.3 Å². The number of aromatic nitrogens is 2. The fraction of sp³-hybridized carbons (Fsp3) is 0.433. The molecule has 1 N–H and O–H groups in total. The number of ketones is 1. The van der Waals surface area contributed by atoms with Crippen LogP contribution >= 0.6 is 0 Å². The van der Waals surface area contributed by atoms with Crippen LogP contribution in [-0.4, -0.2) is 68.8 Å². The summed E-state index contributed by atoms with van der Waals surface area (Å²) in [6, 6.07) is 12.3. The average Bonchev–Trinajstić information content (AvgIpc) is 3.39. The van der Waals surface area contributed by atoms with Gasteiger partial charge in [-0.2, -0.15) is 0 Å². The number of benzene rings is 1. The molecule has 3 aromatic rings. The molecule has 1 aliphatic heterocycles. The third-order valence-electron chi connectivity index (χ3n) is 7.21. The SMILES string of the molecule is CCCCCOc1cccc(C2/C(=C(\O)c3c(C)nc4ccccn34)C(=O)C(=O)N2CCN(CC)CC)c1. The summed E-state index contributed by atoms with van der Waals surface area (Å²) in [4.78, 5) is 35.2. The summed E-state index contributed by atoms with van der Waals surface area (Å²) in [5, 5.41) is 11.6. The Kier molecular flexibility index (Phi) is 8.84. The Morgan fingerprint density at radius 3 is 2.61 bits per heavy atom. The van der Waals surface area contributed by atoms with Gasteiger partial charge in [-0.3, -0.25) is 14.0 Å². The molecule has 0 aliphatic carbocycles. The summed E-state index contributed by atoms with van der Waals surface area (Å²) >= 11 is 0. The third-order valence-corrected chi connectivity index (χ3v) is 7.21. The number of carbonyl (C=O) groups excluding carboxylic acids is 2. The molecule has 1 saturated heterocycles. The van der Waals surface area contributed by atoms with Gasteiger partial charge in [0.15, 0.2) is 5.76 Å². The first kappa shape index (κ1) is 27.4. The van der Waals surface area contributed by atoms with Crippen LogP contribution in [0.4, 0.5) is 0 Å². The van der Waals surface area contributed by atoms with E-state index in [1.165, 1.54) is 0 Å². The normalized spacial score (nSPS) is 17.2. The standard InChI is InChI=1S/C30H38N4O4/c1-5-8-11-19-38-23-14-12-13-22(20-23)27-25(29(36)30(37)34(27)18-17-32(6-2)7-3)28(35)26-21(4)31-24-15-9-10-16-33(24)26/h9-10,12-16,20,27,35H,5-8,11,17-19H2,1-4H3/b28-25+. The number of likely N-dealkylation sites (N-methyl/N-ethyl adjacent to an activating group) is 1. The number of fused-ring (bicyclic) bond motifs is 1. The molecule has 1 atom stereocenters. The molecule has 1 unspecified atom stereocenters. The van der Waals surface area contributed by atoms with E-state index in [4.69, 9.17) is 4.74 Å². The van der Waals surface area contributed by atoms with Gasteiger partial charge in [0.1, 0.15) is 17.1 Å². The van der Waals surface area contributed by atoms with Crippen LogP contribution in [0.1, 0.15) is 63.0 Å². The van der Waals surface area contributed by atoms with Gasteiger partial charge in [0, 0.05) is 19.3 Å². The van der Waals surface area contributed by atoms with Crippen molar-refractivity contribution in [3.8, 4) is 5.75 Å². The summed E-state index contributed by atoms with van der Waals surface area (Å²) in [5.41, 5.74) is 2.45. The van der Waals surface area contributed by atoms with Crippen LogP contribution in [-0.2, 0) is 9.59 Å². The fourth-order valence-electron chi connectivity index (χ4n) is 5.09. The second-order valence-electron chi connectivity index (χ2n) is 9.62. The number of ether oxygens (including phenoxy) is 1. The first-order valence-corrected chi connectivity index (χ1v) is 13.6. The zero-order valence-corrected chi connectivity index (χ0v) is 22.8. The molecule has 1 fully saturated rings. The van der Waals surface area contributed by atoms with Gasteiger partial charge in [-0.1, -0.05) is 51.8 Å². The lowest BCUT2D eigenvalue weighted by molar-refractivity contribution is -0.140. The maximum atomic E-state index is 13.5. The molecule has 0 spiro atoms. The van der Waals surface area contributed by atoms with E-state index in [2.05, 4.69) is 30.7 Å². The van der Waals surface area contributed by atoms with E-state index in [0.717, 1.165) is 37.9 Å². The van der Waals surface area contributed by atoms with Crippen LogP contribution in [0.15, 0.2) is 54.2 Å². The second-order valence-corrected chi connectivity index (χ2v) is 9.62. The summed E-state index contributed by atoms with van der Waals surface area (Å²) in [5.74, 6) is -0.834. The van der Waals surface area contributed by atoms with Gasteiger partial charge in [0.25, 0.3) is 11.7 Å². The molecule has 8 heteroatoms. The van der Waals surface area contributed by atoms with Gasteiger partial charge in [0.05, 0.1) is 23.9 Å². The smallest absolute Gasteiger partial charge is 0.295 e. The maximum absolute atomic E-state index is 13.5. The number of aliphatic hydroxyl groups excluding tert-OH is 1. The summed E-state index contributed by atoms with van der Waals surface area (Å²) in [6.07, 6.45) is 4.94. The first-order chi connectivity index (χ1) is 18.4. The van der Waals surface area contributed by atoms with E-state index in [0.29, 0.717) is 42.5 Å². The molecule has 1 amide bonds. The molecule has 0 saturated carbocycles. The van der Waals surface area contributed by atoms with Crippen LogP contribution in [0, 0.1) is 6.92 Å². The number of aliphatic hydroxyl groups is 1. The molecule has 3 heterocycles. The number of amides is 1. The number of aryl methyl sites for hydroxylation is 1. The van der Waals surface area contributed by atoms with Crippen molar-refractivity contribution < 1.29 is 19.4 Å². The highest BCUT2D eigenvalue weighted by Crippen LogP contribution is 2.40. The number of imidazole rings is 1. The first-order valence-electron chi connectivity index (χ1n) is 13.6. The highest BCUT2D eigenvalue weighted by atomic mass is 16.5. The summed E-state index contributed by atoms with van der Waals surface area (Å²) in [7, 11) is 0. The molecule has 4 rings (SSSR count). The highest BCUT2D eigenvalue weighted by Gasteiger charge is 2.46. The van der Waals surface area contributed by atoms with E-state index in [1.807, 2.05) is 42.5 Å². The number of nitrogens with zero attached hydrogens (tertiary/aromatic N) is 4. The average molecular weight is 519 g/mol. The molecular weight excluding hydrogens is 480 g/mol. The summed E-state index contributed by atoms with van der Waals surface area (Å²) < 4.78 is 7.73. The van der Waals surface area contributed by atoms with E-state index in [9.17, 15) is 14.7 Å². The van der Waals surface area contributed by atoms with Crippen molar-refractivity contribution in [3.63, 3.8) is 0 Å². The zero-order valence-electron chi connectivity index (χ0n) is 22.8. The predicted molar refractivity (Wildman–Crippen MR) is 148 cm³/mol.